The summed E-state index contributed by atoms with van der Waals surface area (Å²) < 4.78 is 5.09. The molecule has 0 radical (unpaired) electrons. The quantitative estimate of drug-likeness (QED) is 0.864. The average Bonchev–Trinajstić information content (AvgIpc) is 3.22. The molecule has 0 heterocycles. The zero-order valence-corrected chi connectivity index (χ0v) is 10.9. The van der Waals surface area contributed by atoms with Crippen molar-refractivity contribution in [3.8, 4) is 5.75 Å². The molecule has 1 fully saturated rings. The maximum Gasteiger partial charge on any atom is 0.228 e. The van der Waals surface area contributed by atoms with E-state index in [0.29, 0.717) is 12.3 Å². The van der Waals surface area contributed by atoms with Gasteiger partial charge in [0, 0.05) is 25.2 Å². The van der Waals surface area contributed by atoms with Gasteiger partial charge in [0.2, 0.25) is 5.91 Å². The Labute approximate surface area is 108 Å². The minimum Gasteiger partial charge on any atom is -0.497 e. The maximum absolute atomic E-state index is 12.1. The molecule has 18 heavy (non-hydrogen) atoms. The number of amides is 1. The van der Waals surface area contributed by atoms with Crippen molar-refractivity contribution in [2.45, 2.75) is 25.3 Å². The standard InChI is InChI=1S/C14H20N2O2/c1-16(11-5-7-12(18-2)8-6-11)14(17)9-13(15)10-3-4-10/h5-8,10,13H,3-4,9,15H2,1-2H3. The monoisotopic (exact) mass is 248 g/mol. The molecular weight excluding hydrogens is 228 g/mol. The summed E-state index contributed by atoms with van der Waals surface area (Å²) in [5, 5.41) is 0. The van der Waals surface area contributed by atoms with Gasteiger partial charge >= 0.3 is 0 Å². The molecule has 1 unspecified atom stereocenters. The number of ether oxygens (including phenoxy) is 1. The van der Waals surface area contributed by atoms with Crippen molar-refractivity contribution in [1.82, 2.24) is 0 Å². The van der Waals surface area contributed by atoms with Crippen molar-refractivity contribution in [2.24, 2.45) is 11.7 Å². The second kappa shape index (κ2) is 5.40. The highest BCUT2D eigenvalue weighted by atomic mass is 16.5. The number of carbonyl (C=O) groups excluding carboxylic acids is 1. The molecule has 1 aliphatic carbocycles. The third kappa shape index (κ3) is 3.01. The van der Waals surface area contributed by atoms with Gasteiger partial charge in [-0.2, -0.15) is 0 Å². The highest BCUT2D eigenvalue weighted by Gasteiger charge is 2.30. The zero-order chi connectivity index (χ0) is 13.1. The Balaban J connectivity index is 1.95. The molecule has 0 aromatic heterocycles. The number of methoxy groups -OCH3 is 1. The number of nitrogens with two attached hydrogens (primary N) is 1. The van der Waals surface area contributed by atoms with Gasteiger partial charge in [-0.3, -0.25) is 4.79 Å². The first-order valence-electron chi connectivity index (χ1n) is 6.28. The van der Waals surface area contributed by atoms with E-state index in [1.165, 1.54) is 12.8 Å². The Morgan fingerprint density at radius 1 is 1.44 bits per heavy atom. The number of hydrogen-bond acceptors (Lipinski definition) is 3. The first-order chi connectivity index (χ1) is 8.61. The molecule has 4 heteroatoms. The zero-order valence-electron chi connectivity index (χ0n) is 10.9. The average molecular weight is 248 g/mol. The van der Waals surface area contributed by atoms with E-state index in [9.17, 15) is 4.79 Å². The number of anilines is 1. The van der Waals surface area contributed by atoms with Gasteiger partial charge in [0.25, 0.3) is 0 Å². The Morgan fingerprint density at radius 3 is 2.56 bits per heavy atom. The lowest BCUT2D eigenvalue weighted by Gasteiger charge is -2.19. The highest BCUT2D eigenvalue weighted by Crippen LogP contribution is 2.33. The van der Waals surface area contributed by atoms with Crippen LogP contribution >= 0.6 is 0 Å². The van der Waals surface area contributed by atoms with Crippen LogP contribution in [-0.2, 0) is 4.79 Å². The van der Waals surface area contributed by atoms with Gasteiger partial charge in [0.1, 0.15) is 5.75 Å². The van der Waals surface area contributed by atoms with Crippen molar-refractivity contribution in [3.05, 3.63) is 24.3 Å². The van der Waals surface area contributed by atoms with Crippen LogP contribution in [0.1, 0.15) is 19.3 Å². The van der Waals surface area contributed by atoms with Crippen LogP contribution in [0.5, 0.6) is 5.75 Å². The first-order valence-corrected chi connectivity index (χ1v) is 6.28. The van der Waals surface area contributed by atoms with Gasteiger partial charge in [0.05, 0.1) is 7.11 Å². The van der Waals surface area contributed by atoms with Gasteiger partial charge in [-0.15, -0.1) is 0 Å². The van der Waals surface area contributed by atoms with Crippen molar-refractivity contribution in [1.29, 1.82) is 0 Å². The van der Waals surface area contributed by atoms with E-state index in [4.69, 9.17) is 10.5 Å². The lowest BCUT2D eigenvalue weighted by atomic mass is 10.1. The van der Waals surface area contributed by atoms with Gasteiger partial charge < -0.3 is 15.4 Å². The van der Waals surface area contributed by atoms with Crippen LogP contribution in [-0.4, -0.2) is 26.1 Å². The molecule has 2 rings (SSSR count). The number of rotatable bonds is 5. The summed E-state index contributed by atoms with van der Waals surface area (Å²) in [7, 11) is 3.41. The molecule has 1 amide bonds. The normalized spacial score (nSPS) is 16.2. The minimum atomic E-state index is 0.0122. The van der Waals surface area contributed by atoms with Gasteiger partial charge in [-0.25, -0.2) is 0 Å². The van der Waals surface area contributed by atoms with Crippen LogP contribution in [0.25, 0.3) is 0 Å². The summed E-state index contributed by atoms with van der Waals surface area (Å²) in [5.41, 5.74) is 6.84. The maximum atomic E-state index is 12.1. The molecule has 0 bridgehead atoms. The molecule has 0 spiro atoms. The number of carbonyl (C=O) groups is 1. The summed E-state index contributed by atoms with van der Waals surface area (Å²) in [6, 6.07) is 7.46. The van der Waals surface area contributed by atoms with E-state index < -0.39 is 0 Å². The lowest BCUT2D eigenvalue weighted by molar-refractivity contribution is -0.118. The highest BCUT2D eigenvalue weighted by molar-refractivity contribution is 5.93. The van der Waals surface area contributed by atoms with Crippen molar-refractivity contribution in [2.75, 3.05) is 19.1 Å². The Morgan fingerprint density at radius 2 is 2.06 bits per heavy atom. The predicted octanol–water partition coefficient (Wildman–Crippen LogP) is 1.79. The molecule has 2 N–H and O–H groups in total. The van der Waals surface area contributed by atoms with E-state index in [-0.39, 0.29) is 11.9 Å². The Bertz CT molecular complexity index is 412. The molecule has 1 atom stereocenters. The van der Waals surface area contributed by atoms with Crippen LogP contribution in [0, 0.1) is 5.92 Å². The molecule has 0 aliphatic heterocycles. The summed E-state index contributed by atoms with van der Waals surface area (Å²) in [4.78, 5) is 13.7. The van der Waals surface area contributed by atoms with Crippen LogP contribution in [0.2, 0.25) is 0 Å². The van der Waals surface area contributed by atoms with Crippen LogP contribution in [0.3, 0.4) is 0 Å². The second-order valence-electron chi connectivity index (χ2n) is 4.86. The van der Waals surface area contributed by atoms with Crippen LogP contribution in [0.4, 0.5) is 5.69 Å². The molecule has 4 nitrogen and oxygen atoms in total. The SMILES string of the molecule is COc1ccc(N(C)C(=O)CC(N)C2CC2)cc1. The van der Waals surface area contributed by atoms with E-state index in [2.05, 4.69) is 0 Å². The second-order valence-corrected chi connectivity index (χ2v) is 4.86. The van der Waals surface area contributed by atoms with E-state index in [1.807, 2.05) is 24.3 Å². The molecule has 0 saturated heterocycles. The molecule has 1 saturated carbocycles. The molecular formula is C14H20N2O2. The number of nitrogens with zero attached hydrogens (tertiary/aromatic N) is 1. The summed E-state index contributed by atoms with van der Waals surface area (Å²) in [6.07, 6.45) is 2.76. The summed E-state index contributed by atoms with van der Waals surface area (Å²) in [5.74, 6) is 1.41. The molecule has 1 aromatic rings. The van der Waals surface area contributed by atoms with Gasteiger partial charge in [-0.1, -0.05) is 0 Å². The lowest BCUT2D eigenvalue weighted by Crippen LogP contribution is -2.34. The third-order valence-corrected chi connectivity index (χ3v) is 3.47. The van der Waals surface area contributed by atoms with Crippen LogP contribution in [0.15, 0.2) is 24.3 Å². The first kappa shape index (κ1) is 12.9. The largest absolute Gasteiger partial charge is 0.497 e. The topological polar surface area (TPSA) is 55.6 Å². The summed E-state index contributed by atoms with van der Waals surface area (Å²) >= 11 is 0. The third-order valence-electron chi connectivity index (χ3n) is 3.47. The van der Waals surface area contributed by atoms with Gasteiger partial charge in [-0.05, 0) is 43.0 Å². The molecule has 1 aromatic carbocycles. The minimum absolute atomic E-state index is 0.0122. The van der Waals surface area contributed by atoms with Gasteiger partial charge in [0.15, 0.2) is 0 Å². The fourth-order valence-electron chi connectivity index (χ4n) is 1.98. The fraction of sp³-hybridized carbons (Fsp3) is 0.500. The van der Waals surface area contributed by atoms with E-state index in [0.717, 1.165) is 11.4 Å². The van der Waals surface area contributed by atoms with Crippen molar-refractivity contribution in [3.63, 3.8) is 0 Å². The molecule has 98 valence electrons. The fourth-order valence-corrected chi connectivity index (χ4v) is 1.98. The Hall–Kier alpha value is -1.55. The van der Waals surface area contributed by atoms with E-state index >= 15 is 0 Å². The number of benzene rings is 1. The van der Waals surface area contributed by atoms with Crippen molar-refractivity contribution < 1.29 is 9.53 Å². The van der Waals surface area contributed by atoms with E-state index in [1.54, 1.807) is 19.1 Å². The molecule has 1 aliphatic rings. The van der Waals surface area contributed by atoms with Crippen molar-refractivity contribution >= 4 is 11.6 Å². The number of hydrogen-bond donors (Lipinski definition) is 1. The summed E-state index contributed by atoms with van der Waals surface area (Å²) in [6.45, 7) is 0. The predicted molar refractivity (Wildman–Crippen MR) is 71.7 cm³/mol. The van der Waals surface area contributed by atoms with Crippen LogP contribution < -0.4 is 15.4 Å². The Kier molecular flexibility index (Phi) is 3.87. The smallest absolute Gasteiger partial charge is 0.228 e.